The lowest BCUT2D eigenvalue weighted by molar-refractivity contribution is 0.0696. The van der Waals surface area contributed by atoms with Gasteiger partial charge in [-0.2, -0.15) is 5.10 Å². The maximum Gasteiger partial charge on any atom is 0.341 e. The minimum Gasteiger partial charge on any atom is -0.477 e. The van der Waals surface area contributed by atoms with Crippen molar-refractivity contribution in [3.8, 4) is 0 Å². The summed E-state index contributed by atoms with van der Waals surface area (Å²) in [6.45, 7) is 4.84. The quantitative estimate of drug-likeness (QED) is 0.875. The summed E-state index contributed by atoms with van der Waals surface area (Å²) in [5.74, 6) is -0.124. The molecule has 0 amide bonds. The van der Waals surface area contributed by atoms with Gasteiger partial charge >= 0.3 is 5.97 Å². The molecule has 1 aliphatic rings. The highest BCUT2D eigenvalue weighted by molar-refractivity contribution is 5.95. The van der Waals surface area contributed by atoms with Gasteiger partial charge < -0.3 is 10.0 Å². The van der Waals surface area contributed by atoms with E-state index in [0.29, 0.717) is 17.3 Å². The topological polar surface area (TPSA) is 58.4 Å². The summed E-state index contributed by atoms with van der Waals surface area (Å²) in [5.41, 5.74) is 0.947. The third-order valence-electron chi connectivity index (χ3n) is 3.73. The van der Waals surface area contributed by atoms with Crippen LogP contribution in [0.25, 0.3) is 0 Å². The van der Waals surface area contributed by atoms with Gasteiger partial charge in [-0.15, -0.1) is 0 Å². The fourth-order valence-electron chi connectivity index (χ4n) is 2.82. The summed E-state index contributed by atoms with van der Waals surface area (Å²) in [6.07, 6.45) is 4.67. The Hall–Kier alpha value is -1.52. The highest BCUT2D eigenvalue weighted by atomic mass is 16.4. The zero-order chi connectivity index (χ0) is 13.3. The third kappa shape index (κ3) is 2.21. The van der Waals surface area contributed by atoms with Crippen molar-refractivity contribution in [2.24, 2.45) is 7.05 Å². The largest absolute Gasteiger partial charge is 0.477 e. The lowest BCUT2D eigenvalue weighted by Gasteiger charge is -2.29. The molecule has 1 aromatic heterocycles. The molecule has 5 heteroatoms. The van der Waals surface area contributed by atoms with Gasteiger partial charge in [0.2, 0.25) is 0 Å². The van der Waals surface area contributed by atoms with E-state index >= 15 is 0 Å². The molecule has 100 valence electrons. The average molecular weight is 251 g/mol. The van der Waals surface area contributed by atoms with Crippen LogP contribution in [0.5, 0.6) is 0 Å². The number of carboxylic acid groups (broad SMARTS) is 1. The zero-order valence-electron chi connectivity index (χ0n) is 11.3. The van der Waals surface area contributed by atoms with Crippen molar-refractivity contribution in [2.45, 2.75) is 45.6 Å². The van der Waals surface area contributed by atoms with Crippen LogP contribution in [-0.2, 0) is 7.05 Å². The fourth-order valence-corrected chi connectivity index (χ4v) is 2.82. The van der Waals surface area contributed by atoms with E-state index in [0.717, 1.165) is 25.2 Å². The van der Waals surface area contributed by atoms with Crippen LogP contribution in [0, 0.1) is 6.92 Å². The van der Waals surface area contributed by atoms with E-state index < -0.39 is 5.97 Å². The Morgan fingerprint density at radius 1 is 1.39 bits per heavy atom. The van der Waals surface area contributed by atoms with Gasteiger partial charge in [0, 0.05) is 19.6 Å². The van der Waals surface area contributed by atoms with Crippen molar-refractivity contribution in [1.82, 2.24) is 9.78 Å². The number of aromatic nitrogens is 2. The van der Waals surface area contributed by atoms with Gasteiger partial charge in [0.25, 0.3) is 0 Å². The molecule has 0 saturated carbocycles. The minimum absolute atomic E-state index is 0.353. The first-order chi connectivity index (χ1) is 8.52. The molecule has 5 nitrogen and oxygen atoms in total. The van der Waals surface area contributed by atoms with E-state index in [1.807, 2.05) is 7.05 Å². The van der Waals surface area contributed by atoms with E-state index in [1.165, 1.54) is 12.8 Å². The second-order valence-electron chi connectivity index (χ2n) is 5.10. The van der Waals surface area contributed by atoms with Crippen molar-refractivity contribution < 1.29 is 9.90 Å². The average Bonchev–Trinajstić information content (AvgIpc) is 2.46. The Balaban J connectivity index is 2.45. The lowest BCUT2D eigenvalue weighted by Crippen LogP contribution is -2.35. The molecule has 1 aromatic rings. The lowest BCUT2D eigenvalue weighted by atomic mass is 10.1. The van der Waals surface area contributed by atoms with Gasteiger partial charge in [-0.25, -0.2) is 4.79 Å². The van der Waals surface area contributed by atoms with E-state index in [-0.39, 0.29) is 0 Å². The van der Waals surface area contributed by atoms with Crippen molar-refractivity contribution in [2.75, 3.05) is 11.4 Å². The zero-order valence-corrected chi connectivity index (χ0v) is 11.3. The molecule has 1 fully saturated rings. The fraction of sp³-hybridized carbons (Fsp3) is 0.692. The monoisotopic (exact) mass is 251 g/mol. The molecule has 18 heavy (non-hydrogen) atoms. The van der Waals surface area contributed by atoms with Crippen LogP contribution < -0.4 is 4.90 Å². The number of carbonyl (C=O) groups is 1. The molecule has 0 aliphatic carbocycles. The molecule has 2 rings (SSSR count). The molecular formula is C13H21N3O2. The SMILES string of the molecule is Cc1nn(C)c(N2CCCCCC2C)c1C(=O)O. The molecule has 0 radical (unpaired) electrons. The second-order valence-corrected chi connectivity index (χ2v) is 5.10. The molecule has 1 aliphatic heterocycles. The van der Waals surface area contributed by atoms with E-state index in [9.17, 15) is 9.90 Å². The number of hydrogen-bond acceptors (Lipinski definition) is 3. The van der Waals surface area contributed by atoms with Gasteiger partial charge in [0.15, 0.2) is 0 Å². The first-order valence-corrected chi connectivity index (χ1v) is 6.56. The highest BCUT2D eigenvalue weighted by Crippen LogP contribution is 2.28. The third-order valence-corrected chi connectivity index (χ3v) is 3.73. The van der Waals surface area contributed by atoms with Crippen LogP contribution in [0.2, 0.25) is 0 Å². The Labute approximate surface area is 107 Å². The van der Waals surface area contributed by atoms with Crippen molar-refractivity contribution in [3.05, 3.63) is 11.3 Å². The van der Waals surface area contributed by atoms with Gasteiger partial charge in [0.1, 0.15) is 11.4 Å². The molecule has 0 bridgehead atoms. The number of rotatable bonds is 2. The Kier molecular flexibility index (Phi) is 3.59. The summed E-state index contributed by atoms with van der Waals surface area (Å²) in [4.78, 5) is 13.6. The first-order valence-electron chi connectivity index (χ1n) is 6.56. The maximum absolute atomic E-state index is 11.4. The van der Waals surface area contributed by atoms with Crippen LogP contribution in [0.3, 0.4) is 0 Å². The van der Waals surface area contributed by atoms with Crippen LogP contribution >= 0.6 is 0 Å². The molecule has 0 spiro atoms. The van der Waals surface area contributed by atoms with Gasteiger partial charge in [0.05, 0.1) is 5.69 Å². The number of aromatic carboxylic acids is 1. The normalized spacial score (nSPS) is 20.8. The number of anilines is 1. The molecule has 1 saturated heterocycles. The standard InChI is InChI=1S/C13H21N3O2/c1-9-7-5-4-6-8-16(9)12-11(13(17)18)10(2)14-15(12)3/h9H,4-8H2,1-3H3,(H,17,18). The van der Waals surface area contributed by atoms with Gasteiger partial charge in [-0.05, 0) is 26.7 Å². The predicted molar refractivity (Wildman–Crippen MR) is 70.2 cm³/mol. The number of nitrogens with zero attached hydrogens (tertiary/aromatic N) is 3. The first kappa shape index (κ1) is 12.9. The summed E-state index contributed by atoms with van der Waals surface area (Å²) in [6, 6.07) is 0.375. The molecule has 0 aromatic carbocycles. The summed E-state index contributed by atoms with van der Waals surface area (Å²) in [5, 5.41) is 13.6. The van der Waals surface area contributed by atoms with Crippen LogP contribution in [-0.4, -0.2) is 33.4 Å². The van der Waals surface area contributed by atoms with Gasteiger partial charge in [-0.1, -0.05) is 12.8 Å². The summed E-state index contributed by atoms with van der Waals surface area (Å²) in [7, 11) is 1.83. The summed E-state index contributed by atoms with van der Waals surface area (Å²) >= 11 is 0. The minimum atomic E-state index is -0.882. The molecule has 2 heterocycles. The van der Waals surface area contributed by atoms with E-state index in [1.54, 1.807) is 11.6 Å². The summed E-state index contributed by atoms with van der Waals surface area (Å²) < 4.78 is 1.71. The molecule has 1 N–H and O–H groups in total. The van der Waals surface area contributed by atoms with Crippen LogP contribution in [0.1, 0.15) is 48.7 Å². The maximum atomic E-state index is 11.4. The molecular weight excluding hydrogens is 230 g/mol. The Morgan fingerprint density at radius 2 is 2.11 bits per heavy atom. The number of hydrogen-bond donors (Lipinski definition) is 1. The predicted octanol–water partition coefficient (Wildman–Crippen LogP) is 2.20. The van der Waals surface area contributed by atoms with E-state index in [4.69, 9.17) is 0 Å². The number of aryl methyl sites for hydroxylation is 2. The van der Waals surface area contributed by atoms with E-state index in [2.05, 4.69) is 16.9 Å². The number of carboxylic acids is 1. The highest BCUT2D eigenvalue weighted by Gasteiger charge is 2.27. The molecule has 1 atom stereocenters. The van der Waals surface area contributed by atoms with Crippen LogP contribution in [0.4, 0.5) is 5.82 Å². The van der Waals surface area contributed by atoms with Crippen molar-refractivity contribution in [1.29, 1.82) is 0 Å². The van der Waals surface area contributed by atoms with Crippen LogP contribution in [0.15, 0.2) is 0 Å². The smallest absolute Gasteiger partial charge is 0.341 e. The second kappa shape index (κ2) is 5.00. The van der Waals surface area contributed by atoms with Gasteiger partial charge in [-0.3, -0.25) is 4.68 Å². The Morgan fingerprint density at radius 3 is 2.78 bits per heavy atom. The van der Waals surface area contributed by atoms with Crippen molar-refractivity contribution in [3.63, 3.8) is 0 Å². The Bertz CT molecular complexity index is 453. The molecule has 1 unspecified atom stereocenters. The van der Waals surface area contributed by atoms with Crippen molar-refractivity contribution >= 4 is 11.8 Å².